The minimum absolute atomic E-state index is 0.0624. The maximum Gasteiger partial charge on any atom is 0.308 e. The molecular weight excluding hydrogens is 438 g/mol. The third-order valence-electron chi connectivity index (χ3n) is 4.90. The molecule has 0 amide bonds. The molecule has 172 valence electrons. The number of ether oxygens (including phenoxy) is 3. The molecule has 0 saturated carbocycles. The van der Waals surface area contributed by atoms with Gasteiger partial charge in [-0.3, -0.25) is 4.79 Å². The smallest absolute Gasteiger partial charge is 0.308 e. The summed E-state index contributed by atoms with van der Waals surface area (Å²) in [6.07, 6.45) is -0.108. The zero-order chi connectivity index (χ0) is 22.8. The Morgan fingerprint density at radius 3 is 2.58 bits per heavy atom. The van der Waals surface area contributed by atoms with Crippen LogP contribution in [-0.4, -0.2) is 49.2 Å². The van der Waals surface area contributed by atoms with Crippen molar-refractivity contribution < 1.29 is 27.4 Å². The highest BCUT2D eigenvalue weighted by Crippen LogP contribution is 2.32. The van der Waals surface area contributed by atoms with E-state index in [0.29, 0.717) is 17.9 Å². The Bertz CT molecular complexity index is 981. The van der Waals surface area contributed by atoms with Gasteiger partial charge in [0.25, 0.3) is 0 Å². The van der Waals surface area contributed by atoms with E-state index in [1.54, 1.807) is 19.9 Å². The number of carbonyl (C=O) groups excluding carboxylic acids is 1. The summed E-state index contributed by atoms with van der Waals surface area (Å²) in [5.74, 6) is -1.13. The lowest BCUT2D eigenvalue weighted by molar-refractivity contribution is -0.295. The van der Waals surface area contributed by atoms with Crippen molar-refractivity contribution in [1.82, 2.24) is 4.98 Å². The van der Waals surface area contributed by atoms with Gasteiger partial charge in [-0.05, 0) is 45.2 Å². The minimum Gasteiger partial charge on any atom is -0.463 e. The second-order valence-electron chi connectivity index (χ2n) is 8.98. The lowest BCUT2D eigenvalue weighted by atomic mass is 10.1. The maximum absolute atomic E-state index is 13.0. The topological polar surface area (TPSA) is 91.8 Å². The van der Waals surface area contributed by atoms with Gasteiger partial charge in [0.15, 0.2) is 5.79 Å². The van der Waals surface area contributed by atoms with Crippen LogP contribution in [0.15, 0.2) is 28.6 Å². The number of carbonyl (C=O) groups is 1. The molecule has 3 rings (SSSR count). The Morgan fingerprint density at radius 2 is 1.90 bits per heavy atom. The fourth-order valence-corrected chi connectivity index (χ4v) is 6.67. The van der Waals surface area contributed by atoms with E-state index >= 15 is 0 Å². The molecule has 0 bridgehead atoms. The van der Waals surface area contributed by atoms with Gasteiger partial charge in [-0.1, -0.05) is 26.0 Å². The van der Waals surface area contributed by atoms with Crippen molar-refractivity contribution in [2.24, 2.45) is 5.92 Å². The van der Waals surface area contributed by atoms with Gasteiger partial charge < -0.3 is 14.2 Å². The summed E-state index contributed by atoms with van der Waals surface area (Å²) in [7, 11) is -3.65. The number of rotatable bonds is 8. The number of nitrogens with zero attached hydrogens (tertiary/aromatic N) is 1. The second kappa shape index (κ2) is 9.52. The molecule has 1 aliphatic heterocycles. The number of sulfone groups is 1. The first kappa shape index (κ1) is 24.1. The molecule has 1 aromatic heterocycles. The molecule has 31 heavy (non-hydrogen) atoms. The minimum atomic E-state index is -3.65. The molecule has 1 fully saturated rings. The maximum atomic E-state index is 13.0. The summed E-state index contributed by atoms with van der Waals surface area (Å²) in [4.78, 5) is 16.6. The Labute approximate surface area is 188 Å². The standard InChI is InChI=1S/C22H31NO6S2/c1-14(2)10-15(3)27-20(24)12-16-11-17(29-22(4,5)28-16)13-31(25,26)21-23-18-8-6-7-9-19(18)30-21/h6-9,14-17H,10-13H2,1-5H3. The van der Waals surface area contributed by atoms with E-state index in [-0.39, 0.29) is 28.6 Å². The van der Waals surface area contributed by atoms with E-state index in [9.17, 15) is 13.2 Å². The summed E-state index contributed by atoms with van der Waals surface area (Å²) in [5.41, 5.74) is 0.662. The van der Waals surface area contributed by atoms with Gasteiger partial charge in [-0.2, -0.15) is 0 Å². The van der Waals surface area contributed by atoms with Crippen LogP contribution in [0.3, 0.4) is 0 Å². The molecule has 1 aliphatic rings. The van der Waals surface area contributed by atoms with Crippen LogP contribution in [0.1, 0.15) is 53.9 Å². The van der Waals surface area contributed by atoms with Crippen LogP contribution in [0.2, 0.25) is 0 Å². The van der Waals surface area contributed by atoms with E-state index in [4.69, 9.17) is 14.2 Å². The molecule has 0 radical (unpaired) electrons. The average molecular weight is 470 g/mol. The molecular formula is C22H31NO6S2. The van der Waals surface area contributed by atoms with Gasteiger partial charge in [0.05, 0.1) is 40.7 Å². The number of esters is 1. The molecule has 2 aromatic rings. The quantitative estimate of drug-likeness (QED) is 0.531. The largest absolute Gasteiger partial charge is 0.463 e. The monoisotopic (exact) mass is 469 g/mol. The van der Waals surface area contributed by atoms with Crippen LogP contribution in [0, 0.1) is 5.92 Å². The van der Waals surface area contributed by atoms with Crippen molar-refractivity contribution in [2.75, 3.05) is 5.75 Å². The van der Waals surface area contributed by atoms with Gasteiger partial charge in [0.2, 0.25) is 14.2 Å². The fourth-order valence-electron chi connectivity index (χ4n) is 3.92. The number of thiazole rings is 1. The van der Waals surface area contributed by atoms with Crippen molar-refractivity contribution in [3.05, 3.63) is 24.3 Å². The molecule has 1 saturated heterocycles. The predicted molar refractivity (Wildman–Crippen MR) is 120 cm³/mol. The Balaban J connectivity index is 1.66. The van der Waals surface area contributed by atoms with Gasteiger partial charge in [-0.25, -0.2) is 13.4 Å². The molecule has 3 atom stereocenters. The number of aromatic nitrogens is 1. The molecule has 3 unspecified atom stereocenters. The number of hydrogen-bond donors (Lipinski definition) is 0. The molecule has 0 spiro atoms. The van der Waals surface area contributed by atoms with E-state index in [0.717, 1.165) is 22.5 Å². The molecule has 1 aromatic carbocycles. The van der Waals surface area contributed by atoms with Gasteiger partial charge in [0, 0.05) is 6.42 Å². The molecule has 7 nitrogen and oxygen atoms in total. The number of hydrogen-bond acceptors (Lipinski definition) is 8. The Kier molecular flexibility index (Phi) is 7.40. The van der Waals surface area contributed by atoms with Gasteiger partial charge >= 0.3 is 5.97 Å². The molecule has 2 heterocycles. The number of benzene rings is 1. The highest BCUT2D eigenvalue weighted by atomic mass is 32.2. The van der Waals surface area contributed by atoms with Gasteiger partial charge in [-0.15, -0.1) is 11.3 Å². The van der Waals surface area contributed by atoms with Crippen molar-refractivity contribution in [3.63, 3.8) is 0 Å². The molecule has 0 N–H and O–H groups in total. The summed E-state index contributed by atoms with van der Waals surface area (Å²) in [5, 5.41) is 0. The van der Waals surface area contributed by atoms with Crippen molar-refractivity contribution in [2.45, 2.75) is 82.3 Å². The highest BCUT2D eigenvalue weighted by Gasteiger charge is 2.39. The van der Waals surface area contributed by atoms with Crippen LogP contribution in [0.5, 0.6) is 0 Å². The number of fused-ring (bicyclic) bond motifs is 1. The number of para-hydroxylation sites is 1. The third kappa shape index (κ3) is 6.71. The fraction of sp³-hybridized carbons (Fsp3) is 0.636. The van der Waals surface area contributed by atoms with Crippen molar-refractivity contribution in [1.29, 1.82) is 0 Å². The second-order valence-corrected chi connectivity index (χ2v) is 12.2. The van der Waals surface area contributed by atoms with Crippen LogP contribution >= 0.6 is 11.3 Å². The summed E-state index contributed by atoms with van der Waals surface area (Å²) in [6.45, 7) is 9.47. The zero-order valence-corrected chi connectivity index (χ0v) is 20.3. The first-order valence-corrected chi connectivity index (χ1v) is 13.0. The third-order valence-corrected chi connectivity index (χ3v) is 8.18. The lowest BCUT2D eigenvalue weighted by Crippen LogP contribution is -2.47. The zero-order valence-electron chi connectivity index (χ0n) is 18.7. The Morgan fingerprint density at radius 1 is 1.23 bits per heavy atom. The van der Waals surface area contributed by atoms with E-state index in [1.807, 2.05) is 25.1 Å². The highest BCUT2D eigenvalue weighted by molar-refractivity contribution is 7.93. The Hall–Kier alpha value is -1.55. The van der Waals surface area contributed by atoms with Crippen molar-refractivity contribution >= 4 is 37.4 Å². The molecule has 9 heteroatoms. The van der Waals surface area contributed by atoms with E-state index < -0.39 is 27.8 Å². The van der Waals surface area contributed by atoms with Gasteiger partial charge in [0.1, 0.15) is 0 Å². The SMILES string of the molecule is CC(C)CC(C)OC(=O)CC1CC(CS(=O)(=O)c2nc3ccccc3s2)OC(C)(C)O1. The van der Waals surface area contributed by atoms with E-state index in [2.05, 4.69) is 18.8 Å². The predicted octanol–water partition coefficient (Wildman–Crippen LogP) is 4.35. The summed E-state index contributed by atoms with van der Waals surface area (Å²) in [6, 6.07) is 7.32. The lowest BCUT2D eigenvalue weighted by Gasteiger charge is -2.40. The van der Waals surface area contributed by atoms with Crippen LogP contribution in [0.25, 0.3) is 10.2 Å². The van der Waals surface area contributed by atoms with Crippen LogP contribution in [0.4, 0.5) is 0 Å². The molecule has 0 aliphatic carbocycles. The first-order chi connectivity index (χ1) is 14.4. The van der Waals surface area contributed by atoms with Crippen LogP contribution in [-0.2, 0) is 28.8 Å². The normalized spacial score (nSPS) is 22.5. The van der Waals surface area contributed by atoms with E-state index in [1.165, 1.54) is 0 Å². The summed E-state index contributed by atoms with van der Waals surface area (Å²) >= 11 is 1.16. The van der Waals surface area contributed by atoms with Crippen LogP contribution < -0.4 is 0 Å². The summed E-state index contributed by atoms with van der Waals surface area (Å²) < 4.78 is 44.1. The first-order valence-electron chi connectivity index (χ1n) is 10.6. The van der Waals surface area contributed by atoms with Crippen molar-refractivity contribution in [3.8, 4) is 0 Å². The average Bonchev–Trinajstić information content (AvgIpc) is 3.03.